The van der Waals surface area contributed by atoms with Gasteiger partial charge in [-0.1, -0.05) is 13.0 Å². The molecule has 2 aromatic rings. The number of hydrogen-bond donors (Lipinski definition) is 1. The van der Waals surface area contributed by atoms with E-state index in [1.807, 2.05) is 17.5 Å². The van der Waals surface area contributed by atoms with Gasteiger partial charge in [0.05, 0.1) is 10.6 Å². The Bertz CT molecular complexity index is 616. The maximum atomic E-state index is 12.0. The van der Waals surface area contributed by atoms with Crippen LogP contribution in [0.4, 0.5) is 0 Å². The molecule has 1 aliphatic heterocycles. The Kier molecular flexibility index (Phi) is 5.46. The average Bonchev–Trinajstić information content (AvgIpc) is 3.24. The summed E-state index contributed by atoms with van der Waals surface area (Å²) in [5.74, 6) is 1.08. The Morgan fingerprint density at radius 1 is 1.48 bits per heavy atom. The van der Waals surface area contributed by atoms with Gasteiger partial charge in [0.2, 0.25) is 11.8 Å². The van der Waals surface area contributed by atoms with Gasteiger partial charge in [-0.15, -0.1) is 11.3 Å². The third-order valence-corrected chi connectivity index (χ3v) is 5.03. The molecule has 124 valence electrons. The zero-order chi connectivity index (χ0) is 16.1. The van der Waals surface area contributed by atoms with E-state index >= 15 is 0 Å². The molecule has 23 heavy (non-hydrogen) atoms. The maximum absolute atomic E-state index is 12.0. The number of amides is 1. The van der Waals surface area contributed by atoms with Crippen LogP contribution in [-0.2, 0) is 11.3 Å². The van der Waals surface area contributed by atoms with E-state index in [4.69, 9.17) is 4.42 Å². The second kappa shape index (κ2) is 7.75. The lowest BCUT2D eigenvalue weighted by molar-refractivity contribution is -0.126. The predicted octanol–water partition coefficient (Wildman–Crippen LogP) is 3.14. The van der Waals surface area contributed by atoms with Crippen LogP contribution < -0.4 is 5.32 Å². The first-order valence-electron chi connectivity index (χ1n) is 8.24. The number of aromatic nitrogens is 1. The fraction of sp³-hybridized carbons (Fsp3) is 0.529. The van der Waals surface area contributed by atoms with Gasteiger partial charge < -0.3 is 9.73 Å². The van der Waals surface area contributed by atoms with Crippen LogP contribution in [0.3, 0.4) is 0 Å². The molecule has 0 aromatic carbocycles. The van der Waals surface area contributed by atoms with Crippen molar-refractivity contribution in [2.24, 2.45) is 5.92 Å². The van der Waals surface area contributed by atoms with E-state index in [1.165, 1.54) is 0 Å². The second-order valence-electron chi connectivity index (χ2n) is 5.96. The van der Waals surface area contributed by atoms with Crippen LogP contribution in [0.5, 0.6) is 0 Å². The Balaban J connectivity index is 1.48. The zero-order valence-corrected chi connectivity index (χ0v) is 14.3. The second-order valence-corrected chi connectivity index (χ2v) is 6.91. The summed E-state index contributed by atoms with van der Waals surface area (Å²) in [6, 6.07) is 4.01. The highest BCUT2D eigenvalue weighted by Gasteiger charge is 2.25. The molecule has 6 heteroatoms. The van der Waals surface area contributed by atoms with Gasteiger partial charge in [0.25, 0.3) is 0 Å². The van der Waals surface area contributed by atoms with Crippen molar-refractivity contribution in [3.63, 3.8) is 0 Å². The van der Waals surface area contributed by atoms with Gasteiger partial charge in [-0.05, 0) is 43.8 Å². The molecule has 5 nitrogen and oxygen atoms in total. The number of carbonyl (C=O) groups is 1. The standard InChI is InChI=1S/C17H23N3O2S/c1-2-7-18-16(21)13-5-8-20(9-6-13)11-14-12-22-17(19-14)15-4-3-10-23-15/h3-4,10,12-13H,2,5-9,11H2,1H3,(H,18,21). The van der Waals surface area contributed by atoms with Crippen molar-refractivity contribution in [1.29, 1.82) is 0 Å². The third-order valence-electron chi connectivity index (χ3n) is 4.18. The largest absolute Gasteiger partial charge is 0.444 e. The Hall–Kier alpha value is -1.66. The van der Waals surface area contributed by atoms with Crippen LogP contribution >= 0.6 is 11.3 Å². The molecule has 3 rings (SSSR count). The van der Waals surface area contributed by atoms with E-state index in [2.05, 4.69) is 22.1 Å². The van der Waals surface area contributed by atoms with Crippen LogP contribution in [0, 0.1) is 5.92 Å². The molecule has 3 heterocycles. The minimum Gasteiger partial charge on any atom is -0.444 e. The third kappa shape index (κ3) is 4.20. The molecule has 0 bridgehead atoms. The van der Waals surface area contributed by atoms with E-state index in [9.17, 15) is 4.79 Å². The zero-order valence-electron chi connectivity index (χ0n) is 13.5. The molecule has 1 N–H and O–H groups in total. The average molecular weight is 333 g/mol. The first-order chi connectivity index (χ1) is 11.3. The number of thiophene rings is 1. The molecule has 1 fully saturated rings. The number of piperidine rings is 1. The maximum Gasteiger partial charge on any atom is 0.236 e. The first kappa shape index (κ1) is 16.2. The lowest BCUT2D eigenvalue weighted by Crippen LogP contribution is -2.40. The van der Waals surface area contributed by atoms with Gasteiger partial charge in [-0.2, -0.15) is 0 Å². The summed E-state index contributed by atoms with van der Waals surface area (Å²) in [6.07, 6.45) is 4.58. The van der Waals surface area contributed by atoms with Crippen molar-refractivity contribution < 1.29 is 9.21 Å². The molecule has 1 aliphatic rings. The smallest absolute Gasteiger partial charge is 0.236 e. The molecule has 2 aromatic heterocycles. The molecule has 0 radical (unpaired) electrons. The summed E-state index contributed by atoms with van der Waals surface area (Å²) in [7, 11) is 0. The summed E-state index contributed by atoms with van der Waals surface area (Å²) in [5.41, 5.74) is 0.960. The molecule has 1 saturated heterocycles. The number of carbonyl (C=O) groups excluding carboxylic acids is 1. The topological polar surface area (TPSA) is 58.4 Å². The lowest BCUT2D eigenvalue weighted by atomic mass is 9.96. The van der Waals surface area contributed by atoms with Crippen LogP contribution in [-0.4, -0.2) is 35.4 Å². The number of oxazole rings is 1. The van der Waals surface area contributed by atoms with E-state index in [0.29, 0.717) is 5.89 Å². The molecule has 0 unspecified atom stereocenters. The monoisotopic (exact) mass is 333 g/mol. The fourth-order valence-corrected chi connectivity index (χ4v) is 3.52. The minimum absolute atomic E-state index is 0.164. The Labute approximate surface area is 140 Å². The number of nitrogens with one attached hydrogen (secondary N) is 1. The number of rotatable bonds is 6. The van der Waals surface area contributed by atoms with Crippen molar-refractivity contribution in [2.75, 3.05) is 19.6 Å². The van der Waals surface area contributed by atoms with Crippen LogP contribution in [0.25, 0.3) is 10.8 Å². The summed E-state index contributed by atoms with van der Waals surface area (Å²) in [5, 5.41) is 5.02. The predicted molar refractivity (Wildman–Crippen MR) is 91.1 cm³/mol. The molecule has 0 saturated carbocycles. The normalized spacial score (nSPS) is 16.6. The number of likely N-dealkylation sites (tertiary alicyclic amines) is 1. The highest BCUT2D eigenvalue weighted by atomic mass is 32.1. The van der Waals surface area contributed by atoms with E-state index in [1.54, 1.807) is 17.6 Å². The highest BCUT2D eigenvalue weighted by molar-refractivity contribution is 7.13. The highest BCUT2D eigenvalue weighted by Crippen LogP contribution is 2.25. The van der Waals surface area contributed by atoms with E-state index in [0.717, 1.165) is 56.0 Å². The molecule has 1 amide bonds. The van der Waals surface area contributed by atoms with E-state index < -0.39 is 0 Å². The number of hydrogen-bond acceptors (Lipinski definition) is 5. The van der Waals surface area contributed by atoms with Crippen molar-refractivity contribution in [1.82, 2.24) is 15.2 Å². The van der Waals surface area contributed by atoms with Gasteiger partial charge in [0.15, 0.2) is 0 Å². The first-order valence-corrected chi connectivity index (χ1v) is 9.12. The lowest BCUT2D eigenvalue weighted by Gasteiger charge is -2.30. The SMILES string of the molecule is CCCNC(=O)C1CCN(Cc2coc(-c3cccs3)n2)CC1. The quantitative estimate of drug-likeness (QED) is 0.882. The van der Waals surface area contributed by atoms with Crippen molar-refractivity contribution in [3.05, 3.63) is 29.5 Å². The summed E-state index contributed by atoms with van der Waals surface area (Å²) < 4.78 is 5.56. The molecular weight excluding hydrogens is 310 g/mol. The van der Waals surface area contributed by atoms with E-state index in [-0.39, 0.29) is 11.8 Å². The Morgan fingerprint density at radius 2 is 2.30 bits per heavy atom. The molecule has 0 atom stereocenters. The number of nitrogens with zero attached hydrogens (tertiary/aromatic N) is 2. The van der Waals surface area contributed by atoms with Gasteiger partial charge in [-0.3, -0.25) is 9.69 Å². The fourth-order valence-electron chi connectivity index (χ4n) is 2.87. The van der Waals surface area contributed by atoms with Gasteiger partial charge in [0, 0.05) is 19.0 Å². The van der Waals surface area contributed by atoms with Crippen LogP contribution in [0.2, 0.25) is 0 Å². The van der Waals surface area contributed by atoms with Crippen molar-refractivity contribution in [2.45, 2.75) is 32.7 Å². The summed E-state index contributed by atoms with van der Waals surface area (Å²) in [6.45, 7) is 5.52. The summed E-state index contributed by atoms with van der Waals surface area (Å²) in [4.78, 5) is 20.0. The van der Waals surface area contributed by atoms with Crippen molar-refractivity contribution >= 4 is 17.2 Å². The van der Waals surface area contributed by atoms with Crippen molar-refractivity contribution in [3.8, 4) is 10.8 Å². The Morgan fingerprint density at radius 3 is 3.00 bits per heavy atom. The van der Waals surface area contributed by atoms with Crippen LogP contribution in [0.1, 0.15) is 31.9 Å². The summed E-state index contributed by atoms with van der Waals surface area (Å²) >= 11 is 1.63. The van der Waals surface area contributed by atoms with Gasteiger partial charge in [0.1, 0.15) is 6.26 Å². The minimum atomic E-state index is 0.164. The van der Waals surface area contributed by atoms with Gasteiger partial charge >= 0.3 is 0 Å². The van der Waals surface area contributed by atoms with Gasteiger partial charge in [-0.25, -0.2) is 4.98 Å². The molecular formula is C17H23N3O2S. The van der Waals surface area contributed by atoms with Crippen LogP contribution in [0.15, 0.2) is 28.2 Å². The molecule has 0 aliphatic carbocycles. The molecule has 0 spiro atoms.